The first kappa shape index (κ1) is 29.6. The highest BCUT2D eigenvalue weighted by atomic mass is 19.4. The highest BCUT2D eigenvalue weighted by Crippen LogP contribution is 2.27. The maximum Gasteiger partial charge on any atom is 0.490 e. The van der Waals surface area contributed by atoms with Gasteiger partial charge in [-0.2, -0.15) is 23.1 Å². The van der Waals surface area contributed by atoms with Crippen LogP contribution in [-0.2, 0) is 11.3 Å². The highest BCUT2D eigenvalue weighted by Gasteiger charge is 2.38. The van der Waals surface area contributed by atoms with E-state index in [1.54, 1.807) is 23.0 Å². The Morgan fingerprint density at radius 2 is 1.79 bits per heavy atom. The highest BCUT2D eigenvalue weighted by molar-refractivity contribution is 5.85. The molecule has 17 heteroatoms. The van der Waals surface area contributed by atoms with E-state index in [9.17, 15) is 26.3 Å². The van der Waals surface area contributed by atoms with Crippen LogP contribution < -0.4 is 16.0 Å². The van der Waals surface area contributed by atoms with Gasteiger partial charge in [0.05, 0.1) is 17.7 Å². The van der Waals surface area contributed by atoms with Crippen molar-refractivity contribution in [2.24, 2.45) is 5.73 Å². The molecule has 0 saturated carbocycles. The van der Waals surface area contributed by atoms with Crippen LogP contribution in [0.5, 0.6) is 0 Å². The van der Waals surface area contributed by atoms with E-state index in [2.05, 4.69) is 25.2 Å². The number of anilines is 2. The molecule has 3 aromatic heterocycles. The van der Waals surface area contributed by atoms with Crippen molar-refractivity contribution < 1.29 is 36.2 Å². The summed E-state index contributed by atoms with van der Waals surface area (Å²) in [6, 6.07) is 8.78. The lowest BCUT2D eigenvalue weighted by molar-refractivity contribution is -0.192. The fourth-order valence-electron chi connectivity index (χ4n) is 4.39. The lowest BCUT2D eigenvalue weighted by atomic mass is 10.1. The summed E-state index contributed by atoms with van der Waals surface area (Å²) in [4.78, 5) is 32.1. The number of carboxylic acid groups (broad SMARTS) is 1. The molecule has 2 aromatic carbocycles. The van der Waals surface area contributed by atoms with Crippen molar-refractivity contribution in [3.8, 4) is 5.69 Å². The molecular weight excluding hydrogens is 584 g/mol. The van der Waals surface area contributed by atoms with Crippen LogP contribution >= 0.6 is 0 Å². The molecule has 0 spiro atoms. The number of halogens is 6. The zero-order valence-corrected chi connectivity index (χ0v) is 22.0. The smallest absolute Gasteiger partial charge is 0.475 e. The van der Waals surface area contributed by atoms with Gasteiger partial charge < -0.3 is 26.0 Å². The summed E-state index contributed by atoms with van der Waals surface area (Å²) < 4.78 is 75.1. The average Bonchev–Trinajstić information content (AvgIpc) is 3.59. The number of benzene rings is 2. The minimum atomic E-state index is -5.08. The Labute approximate surface area is 238 Å². The summed E-state index contributed by atoms with van der Waals surface area (Å²) in [6.45, 7) is 1.56. The number of nitrogens with two attached hydrogens (primary N) is 1. The van der Waals surface area contributed by atoms with Crippen LogP contribution in [-0.4, -0.2) is 65.9 Å². The van der Waals surface area contributed by atoms with E-state index >= 15 is 0 Å². The van der Waals surface area contributed by atoms with Crippen molar-refractivity contribution in [3.63, 3.8) is 0 Å². The van der Waals surface area contributed by atoms with Crippen LogP contribution in [0.25, 0.3) is 27.9 Å². The number of piperidine rings is 1. The molecule has 0 amide bonds. The van der Waals surface area contributed by atoms with E-state index in [0.29, 0.717) is 53.0 Å². The second-order valence-corrected chi connectivity index (χ2v) is 9.56. The lowest BCUT2D eigenvalue weighted by Gasteiger charge is -2.30. The monoisotopic (exact) mass is 607 g/mol. The number of hydrogen-bond donors (Lipinski definition) is 4. The van der Waals surface area contributed by atoms with E-state index in [0.717, 1.165) is 18.9 Å². The van der Waals surface area contributed by atoms with Gasteiger partial charge in [-0.1, -0.05) is 6.07 Å². The average molecular weight is 608 g/mol. The van der Waals surface area contributed by atoms with Crippen molar-refractivity contribution in [3.05, 3.63) is 66.0 Å². The van der Waals surface area contributed by atoms with Crippen molar-refractivity contribution in [2.45, 2.75) is 31.6 Å². The van der Waals surface area contributed by atoms with Gasteiger partial charge in [-0.05, 0) is 43.2 Å². The number of aromatic amines is 1. The van der Waals surface area contributed by atoms with Crippen LogP contribution in [0.15, 0.2) is 42.7 Å². The number of carbonyl (C=O) groups is 1. The fourth-order valence-corrected chi connectivity index (χ4v) is 4.39. The third-order valence-electron chi connectivity index (χ3n) is 6.55. The van der Waals surface area contributed by atoms with Crippen LogP contribution in [0.3, 0.4) is 0 Å². The van der Waals surface area contributed by atoms with Crippen LogP contribution in [0.2, 0.25) is 0 Å². The van der Waals surface area contributed by atoms with E-state index in [4.69, 9.17) is 25.6 Å². The quantitative estimate of drug-likeness (QED) is 0.215. The van der Waals surface area contributed by atoms with Crippen LogP contribution in [0.4, 0.5) is 38.1 Å². The zero-order valence-electron chi connectivity index (χ0n) is 22.0. The van der Waals surface area contributed by atoms with Gasteiger partial charge in [-0.3, -0.25) is 4.57 Å². The zero-order chi connectivity index (χ0) is 30.9. The first-order valence-corrected chi connectivity index (χ1v) is 12.8. The molecule has 0 radical (unpaired) electrons. The Balaban J connectivity index is 0.000000472. The number of hydrogen-bond acceptors (Lipinski definition) is 8. The molecule has 1 saturated heterocycles. The van der Waals surface area contributed by atoms with Gasteiger partial charge in [-0.15, -0.1) is 0 Å². The van der Waals surface area contributed by atoms with Gasteiger partial charge in [0.1, 0.15) is 23.5 Å². The number of H-pyrrole nitrogens is 1. The number of nitrogens with zero attached hydrogens (tertiary/aromatic N) is 6. The Hall–Kier alpha value is -4.93. The molecule has 4 heterocycles. The topological polar surface area (TPSA) is 151 Å². The summed E-state index contributed by atoms with van der Waals surface area (Å²) in [6.07, 6.45) is -1.89. The summed E-state index contributed by atoms with van der Waals surface area (Å²) in [5, 5.41) is 10.3. The molecule has 1 fully saturated rings. The molecule has 11 nitrogen and oxygen atoms in total. The van der Waals surface area contributed by atoms with Crippen molar-refractivity contribution in [1.29, 1.82) is 0 Å². The maximum atomic E-state index is 14.1. The Kier molecular flexibility index (Phi) is 8.08. The molecule has 5 aromatic rings. The number of alkyl halides is 3. The molecule has 226 valence electrons. The number of imidazole rings is 2. The summed E-state index contributed by atoms with van der Waals surface area (Å²) >= 11 is 0. The Morgan fingerprint density at radius 1 is 1.07 bits per heavy atom. The van der Waals surface area contributed by atoms with Crippen molar-refractivity contribution >= 4 is 39.9 Å². The molecule has 1 aliphatic rings. The molecule has 43 heavy (non-hydrogen) atoms. The van der Waals surface area contributed by atoms with Gasteiger partial charge in [-0.25, -0.2) is 27.9 Å². The first-order chi connectivity index (χ1) is 20.4. The number of rotatable bonds is 5. The Morgan fingerprint density at radius 3 is 2.47 bits per heavy atom. The lowest BCUT2D eigenvalue weighted by Crippen LogP contribution is -2.40. The standard InChI is InChI=1S/C24H22F3N9.C2HF3O2/c25-13-2-1-3-15(10-13)36-12-30-21-22(33-24(34-23(21)36)35-8-6-14(28)7-9-35)29-11-18-31-17-5-4-16(26)19(27)20(17)32-18;3-2(4,5)1(6)7/h1-5,10,12,14H,6-9,11,28H2,(H,31,32)(H,29,33,34);(H,6,7). The Bertz CT molecular complexity index is 1780. The molecule has 0 aliphatic carbocycles. The predicted octanol–water partition coefficient (Wildman–Crippen LogP) is 4.28. The largest absolute Gasteiger partial charge is 0.490 e. The molecule has 0 bridgehead atoms. The molecule has 5 N–H and O–H groups in total. The maximum absolute atomic E-state index is 14.1. The minimum Gasteiger partial charge on any atom is -0.475 e. The summed E-state index contributed by atoms with van der Waals surface area (Å²) in [7, 11) is 0. The predicted molar refractivity (Wildman–Crippen MR) is 143 cm³/mol. The number of aromatic nitrogens is 6. The molecule has 0 unspecified atom stereocenters. The number of aliphatic carboxylic acids is 1. The van der Waals surface area contributed by atoms with Gasteiger partial charge in [0.15, 0.2) is 28.6 Å². The fraction of sp³-hybridized carbons (Fsp3) is 0.269. The van der Waals surface area contributed by atoms with E-state index in [1.165, 1.54) is 18.2 Å². The third kappa shape index (κ3) is 6.45. The van der Waals surface area contributed by atoms with Gasteiger partial charge in [0.25, 0.3) is 0 Å². The van der Waals surface area contributed by atoms with E-state index in [1.807, 2.05) is 0 Å². The van der Waals surface area contributed by atoms with Crippen LogP contribution in [0, 0.1) is 17.5 Å². The molecule has 0 atom stereocenters. The van der Waals surface area contributed by atoms with Crippen molar-refractivity contribution in [1.82, 2.24) is 29.5 Å². The van der Waals surface area contributed by atoms with E-state index < -0.39 is 23.8 Å². The first-order valence-electron chi connectivity index (χ1n) is 12.8. The SMILES string of the molecule is NC1CCN(c2nc(NCc3nc4c(F)c(F)ccc4[nH]3)c3ncn(-c4cccc(F)c4)c3n2)CC1.O=C(O)C(F)(F)F. The van der Waals surface area contributed by atoms with Gasteiger partial charge >= 0.3 is 12.1 Å². The van der Waals surface area contributed by atoms with Gasteiger partial charge in [0.2, 0.25) is 5.95 Å². The molecule has 1 aliphatic heterocycles. The minimum absolute atomic E-state index is 0.0691. The van der Waals surface area contributed by atoms with Gasteiger partial charge in [0, 0.05) is 19.1 Å². The third-order valence-corrected chi connectivity index (χ3v) is 6.55. The second-order valence-electron chi connectivity index (χ2n) is 9.56. The number of carboxylic acids is 1. The summed E-state index contributed by atoms with van der Waals surface area (Å²) in [5.41, 5.74) is 7.94. The molecule has 6 rings (SSSR count). The second kappa shape index (κ2) is 11.7. The number of nitrogens with one attached hydrogen (secondary N) is 2. The van der Waals surface area contributed by atoms with Crippen LogP contribution in [0.1, 0.15) is 18.7 Å². The van der Waals surface area contributed by atoms with Crippen molar-refractivity contribution in [2.75, 3.05) is 23.3 Å². The normalized spacial score (nSPS) is 14.2. The number of fused-ring (bicyclic) bond motifs is 2. The molecular formula is C26H23F6N9O2. The van der Waals surface area contributed by atoms with E-state index in [-0.39, 0.29) is 23.9 Å². The summed E-state index contributed by atoms with van der Waals surface area (Å²) in [5.74, 6) is -3.76.